The van der Waals surface area contributed by atoms with Crippen LogP contribution in [-0.4, -0.2) is 29.1 Å². The highest BCUT2D eigenvalue weighted by Crippen LogP contribution is 2.24. The minimum Gasteiger partial charge on any atom is -0.356 e. The lowest BCUT2D eigenvalue weighted by Gasteiger charge is -2.33. The number of unbranched alkanes of at least 4 members (excludes halogenated alkanes) is 34. The maximum Gasteiger partial charge on any atom is 0.101 e. The van der Waals surface area contributed by atoms with Gasteiger partial charge < -0.3 is 9.80 Å². The first-order chi connectivity index (χ1) is 23.8. The van der Waals surface area contributed by atoms with E-state index in [4.69, 9.17) is 0 Å². The highest BCUT2D eigenvalue weighted by molar-refractivity contribution is 4.97. The molecular weight excluding hydrogens is 581 g/mol. The van der Waals surface area contributed by atoms with Gasteiger partial charge in [-0.05, 0) is 25.7 Å². The molecule has 2 nitrogen and oxygen atoms in total. The molecular formula is C46H92N2. The fraction of sp³-hybridized carbons (Fsp3) is 0.957. The average molecular weight is 673 g/mol. The van der Waals surface area contributed by atoms with Gasteiger partial charge in [0.1, 0.15) is 6.17 Å². The van der Waals surface area contributed by atoms with Crippen LogP contribution in [0.4, 0.5) is 0 Å². The van der Waals surface area contributed by atoms with E-state index in [-0.39, 0.29) is 0 Å². The van der Waals surface area contributed by atoms with Crippen LogP contribution in [0.25, 0.3) is 0 Å². The van der Waals surface area contributed by atoms with E-state index in [2.05, 4.69) is 43.0 Å². The van der Waals surface area contributed by atoms with Gasteiger partial charge in [0, 0.05) is 25.5 Å². The van der Waals surface area contributed by atoms with Gasteiger partial charge in [-0.1, -0.05) is 239 Å². The molecule has 0 radical (unpaired) electrons. The standard InChI is InChI=1S/C46H92N2/c1-4-7-10-13-16-19-22-23-24-25-26-28-31-34-37-40-43-48-45-44-47(42-39-36-33-30-27-20-17-14-11-8-5-2)46(48)41-38-35-32-29-21-18-15-12-9-6-3/h44-46H,4-43H2,1-3H3. The van der Waals surface area contributed by atoms with Crippen molar-refractivity contribution in [3.63, 3.8) is 0 Å². The summed E-state index contributed by atoms with van der Waals surface area (Å²) in [7, 11) is 0. The van der Waals surface area contributed by atoms with Crippen LogP contribution in [0, 0.1) is 0 Å². The van der Waals surface area contributed by atoms with Gasteiger partial charge in [0.05, 0.1) is 0 Å². The molecule has 1 unspecified atom stereocenters. The van der Waals surface area contributed by atoms with Crippen molar-refractivity contribution in [1.82, 2.24) is 9.80 Å². The molecule has 1 rings (SSSR count). The zero-order valence-electron chi connectivity index (χ0n) is 33.9. The van der Waals surface area contributed by atoms with Crippen molar-refractivity contribution >= 4 is 0 Å². The van der Waals surface area contributed by atoms with E-state index in [1.54, 1.807) is 0 Å². The molecule has 1 aliphatic rings. The van der Waals surface area contributed by atoms with E-state index < -0.39 is 0 Å². The lowest BCUT2D eigenvalue weighted by molar-refractivity contribution is 0.135. The van der Waals surface area contributed by atoms with Crippen LogP contribution < -0.4 is 0 Å². The van der Waals surface area contributed by atoms with Crippen molar-refractivity contribution in [1.29, 1.82) is 0 Å². The van der Waals surface area contributed by atoms with Crippen LogP contribution >= 0.6 is 0 Å². The minimum atomic E-state index is 0.638. The third-order valence-corrected chi connectivity index (χ3v) is 11.3. The largest absolute Gasteiger partial charge is 0.356 e. The first kappa shape index (κ1) is 45.4. The molecule has 48 heavy (non-hydrogen) atoms. The highest BCUT2D eigenvalue weighted by atomic mass is 15.4. The van der Waals surface area contributed by atoms with Gasteiger partial charge in [-0.25, -0.2) is 0 Å². The van der Waals surface area contributed by atoms with Crippen LogP contribution in [0.1, 0.15) is 265 Å². The van der Waals surface area contributed by atoms with Gasteiger partial charge in [0.15, 0.2) is 0 Å². The molecule has 1 heterocycles. The van der Waals surface area contributed by atoms with E-state index in [1.165, 1.54) is 257 Å². The summed E-state index contributed by atoms with van der Waals surface area (Å²) in [6, 6.07) is 0. The normalized spacial score (nSPS) is 14.6. The molecule has 286 valence electrons. The quantitative estimate of drug-likeness (QED) is 0.0598. The summed E-state index contributed by atoms with van der Waals surface area (Å²) in [5.41, 5.74) is 0. The Balaban J connectivity index is 2.18. The molecule has 2 heteroatoms. The van der Waals surface area contributed by atoms with Crippen molar-refractivity contribution in [2.75, 3.05) is 13.1 Å². The summed E-state index contributed by atoms with van der Waals surface area (Å²) in [5, 5.41) is 0. The Morgan fingerprint density at radius 1 is 0.271 bits per heavy atom. The summed E-state index contributed by atoms with van der Waals surface area (Å²) in [4.78, 5) is 5.46. The molecule has 0 amide bonds. The van der Waals surface area contributed by atoms with Gasteiger partial charge in [-0.2, -0.15) is 0 Å². The van der Waals surface area contributed by atoms with Gasteiger partial charge in [0.2, 0.25) is 0 Å². The summed E-state index contributed by atoms with van der Waals surface area (Å²) in [6.45, 7) is 9.49. The topological polar surface area (TPSA) is 6.48 Å². The van der Waals surface area contributed by atoms with Crippen molar-refractivity contribution in [3.05, 3.63) is 12.4 Å². The molecule has 0 aromatic carbocycles. The van der Waals surface area contributed by atoms with Gasteiger partial charge >= 0.3 is 0 Å². The van der Waals surface area contributed by atoms with Crippen LogP contribution in [0.5, 0.6) is 0 Å². The number of nitrogens with zero attached hydrogens (tertiary/aromatic N) is 2. The van der Waals surface area contributed by atoms with Crippen molar-refractivity contribution in [2.45, 2.75) is 271 Å². The minimum absolute atomic E-state index is 0.638. The molecule has 0 saturated carbocycles. The van der Waals surface area contributed by atoms with E-state index in [0.29, 0.717) is 6.17 Å². The lowest BCUT2D eigenvalue weighted by atomic mass is 10.0. The van der Waals surface area contributed by atoms with Crippen LogP contribution in [0.15, 0.2) is 12.4 Å². The fourth-order valence-electron chi connectivity index (χ4n) is 7.95. The number of hydrogen-bond donors (Lipinski definition) is 0. The Labute approximate surface area is 305 Å². The Bertz CT molecular complexity index is 630. The second-order valence-electron chi connectivity index (χ2n) is 16.1. The van der Waals surface area contributed by atoms with E-state index >= 15 is 0 Å². The molecule has 0 aromatic rings. The third kappa shape index (κ3) is 29.1. The monoisotopic (exact) mass is 673 g/mol. The van der Waals surface area contributed by atoms with E-state index in [1.807, 2.05) is 0 Å². The molecule has 1 atom stereocenters. The fourth-order valence-corrected chi connectivity index (χ4v) is 7.95. The predicted molar refractivity (Wildman–Crippen MR) is 219 cm³/mol. The van der Waals surface area contributed by atoms with Gasteiger partial charge in [0.25, 0.3) is 0 Å². The molecule has 0 N–H and O–H groups in total. The van der Waals surface area contributed by atoms with Crippen LogP contribution in [0.3, 0.4) is 0 Å². The van der Waals surface area contributed by atoms with Gasteiger partial charge in [-0.3, -0.25) is 0 Å². The van der Waals surface area contributed by atoms with Crippen molar-refractivity contribution in [3.8, 4) is 0 Å². The van der Waals surface area contributed by atoms with Crippen molar-refractivity contribution in [2.24, 2.45) is 0 Å². The zero-order valence-corrected chi connectivity index (χ0v) is 33.9. The maximum atomic E-state index is 2.73. The smallest absolute Gasteiger partial charge is 0.101 e. The molecule has 0 spiro atoms. The summed E-state index contributed by atoms with van der Waals surface area (Å²) in [5.74, 6) is 0. The van der Waals surface area contributed by atoms with Crippen molar-refractivity contribution < 1.29 is 0 Å². The Hall–Kier alpha value is -0.660. The van der Waals surface area contributed by atoms with Gasteiger partial charge in [-0.15, -0.1) is 0 Å². The van der Waals surface area contributed by atoms with E-state index in [0.717, 1.165) is 0 Å². The molecule has 0 fully saturated rings. The zero-order chi connectivity index (χ0) is 34.4. The van der Waals surface area contributed by atoms with E-state index in [9.17, 15) is 0 Å². The summed E-state index contributed by atoms with van der Waals surface area (Å²) in [6.07, 6.45) is 60.4. The Morgan fingerprint density at radius 2 is 0.479 bits per heavy atom. The van der Waals surface area contributed by atoms with Crippen LogP contribution in [0.2, 0.25) is 0 Å². The second-order valence-corrected chi connectivity index (χ2v) is 16.1. The molecule has 0 bridgehead atoms. The third-order valence-electron chi connectivity index (χ3n) is 11.3. The molecule has 0 aromatic heterocycles. The lowest BCUT2D eigenvalue weighted by Crippen LogP contribution is -2.39. The molecule has 0 saturated heterocycles. The molecule has 1 aliphatic heterocycles. The van der Waals surface area contributed by atoms with Crippen LogP contribution in [-0.2, 0) is 0 Å². The first-order valence-corrected chi connectivity index (χ1v) is 23.0. The number of hydrogen-bond acceptors (Lipinski definition) is 2. The first-order valence-electron chi connectivity index (χ1n) is 23.0. The Kier molecular flexibility index (Phi) is 35.5. The summed E-state index contributed by atoms with van der Waals surface area (Å²) >= 11 is 0. The molecule has 0 aliphatic carbocycles. The SMILES string of the molecule is CCCCCCCCCCCCCCCCCCN1C=CN(CCCCCCCCCCCCC)C1CCCCCCCCCCCC. The predicted octanol–water partition coefficient (Wildman–Crippen LogP) is 16.3. The average Bonchev–Trinajstić information content (AvgIpc) is 3.48. The summed E-state index contributed by atoms with van der Waals surface area (Å²) < 4.78 is 0. The maximum absolute atomic E-state index is 2.73. The second kappa shape index (κ2) is 37.6. The highest BCUT2D eigenvalue weighted by Gasteiger charge is 2.24. The Morgan fingerprint density at radius 3 is 0.729 bits per heavy atom. The number of rotatable bonds is 40.